The predicted octanol–water partition coefficient (Wildman–Crippen LogP) is 1.55. The predicted molar refractivity (Wildman–Crippen MR) is 139 cm³/mol. The highest BCUT2D eigenvalue weighted by Gasteiger charge is 2.67. The van der Waals surface area contributed by atoms with Gasteiger partial charge in [-0.25, -0.2) is 0 Å². The molecule has 6 N–H and O–H groups in total. The van der Waals surface area contributed by atoms with Crippen molar-refractivity contribution >= 4 is 17.5 Å². The van der Waals surface area contributed by atoms with Crippen molar-refractivity contribution in [3.63, 3.8) is 0 Å². The third-order valence-corrected chi connectivity index (χ3v) is 8.42. The van der Waals surface area contributed by atoms with Crippen LogP contribution in [0.15, 0.2) is 71.2 Å². The van der Waals surface area contributed by atoms with E-state index >= 15 is 0 Å². The lowest BCUT2D eigenvalue weighted by Gasteiger charge is -2.57. The molecule has 10 nitrogen and oxygen atoms in total. The van der Waals surface area contributed by atoms with Crippen LogP contribution in [-0.2, 0) is 15.2 Å². The number of nitrogens with zero attached hydrogens (tertiary/aromatic N) is 1. The maximum atomic E-state index is 14.1. The molecule has 5 rings (SSSR count). The number of para-hydroxylation sites is 1. The number of carbonyl (C=O) groups is 3. The highest BCUT2D eigenvalue weighted by Crippen LogP contribution is 2.61. The Morgan fingerprint density at radius 1 is 1.03 bits per heavy atom. The summed E-state index contributed by atoms with van der Waals surface area (Å²) < 4.78 is 6.30. The molecule has 204 valence electrons. The van der Waals surface area contributed by atoms with Gasteiger partial charge in [0.05, 0.1) is 34.6 Å². The third kappa shape index (κ3) is 3.48. The van der Waals surface area contributed by atoms with Crippen molar-refractivity contribution in [1.82, 2.24) is 4.90 Å². The number of fused-ring (bicyclic) bond motifs is 3. The van der Waals surface area contributed by atoms with Crippen LogP contribution in [0.4, 0.5) is 0 Å². The minimum atomic E-state index is -1.91. The number of primary amides is 1. The Hall–Kier alpha value is -3.99. The summed E-state index contributed by atoms with van der Waals surface area (Å²) in [7, 11) is 3.15. The van der Waals surface area contributed by atoms with Gasteiger partial charge in [0.1, 0.15) is 28.6 Å². The molecule has 0 fully saturated rings. The van der Waals surface area contributed by atoms with Gasteiger partial charge in [0.2, 0.25) is 0 Å². The highest BCUT2D eigenvalue weighted by molar-refractivity contribution is 6.22. The van der Waals surface area contributed by atoms with Crippen molar-refractivity contribution in [1.29, 1.82) is 0 Å². The summed E-state index contributed by atoms with van der Waals surface area (Å²) >= 11 is 0. The van der Waals surface area contributed by atoms with Gasteiger partial charge >= 0.3 is 0 Å². The van der Waals surface area contributed by atoms with Gasteiger partial charge in [0, 0.05) is 11.5 Å². The van der Waals surface area contributed by atoms with Gasteiger partial charge in [-0.05, 0) is 51.7 Å². The Balaban J connectivity index is 1.94. The number of phenolic OH excluding ortho intramolecular Hbond substituents is 1. The Labute approximate surface area is 224 Å². The van der Waals surface area contributed by atoms with E-state index in [1.165, 1.54) is 36.9 Å². The first-order valence-electron chi connectivity index (χ1n) is 12.5. The zero-order valence-corrected chi connectivity index (χ0v) is 21.9. The van der Waals surface area contributed by atoms with Gasteiger partial charge < -0.3 is 30.9 Å². The number of hydrogen-bond acceptors (Lipinski definition) is 9. The van der Waals surface area contributed by atoms with Crippen molar-refractivity contribution in [2.45, 2.75) is 31.6 Å². The van der Waals surface area contributed by atoms with Crippen LogP contribution in [0.3, 0.4) is 0 Å². The molecule has 0 saturated carbocycles. The fourth-order valence-corrected chi connectivity index (χ4v) is 6.67. The fourth-order valence-electron chi connectivity index (χ4n) is 6.67. The summed E-state index contributed by atoms with van der Waals surface area (Å²) in [5.74, 6) is -6.23. The van der Waals surface area contributed by atoms with Crippen molar-refractivity contribution < 1.29 is 39.5 Å². The van der Waals surface area contributed by atoms with Crippen LogP contribution in [0.5, 0.6) is 11.5 Å². The van der Waals surface area contributed by atoms with Crippen molar-refractivity contribution in [3.8, 4) is 11.5 Å². The fraction of sp³-hybridized carbons (Fsp3) is 0.345. The van der Waals surface area contributed by atoms with Crippen LogP contribution >= 0.6 is 0 Å². The SMILES string of the molecule is CN(C)C1C(=O)C(C(N)=O)=C(O)C2(C)C(Oc3ccccc3)=C3C(=O)c4c(O)cccc4C(C)(O)C3C(O)C12. The number of ketones is 2. The number of Topliss-reactive ketones (excluding diaryl/α,β-unsaturated/α-hetero) is 2. The average molecular weight is 535 g/mol. The van der Waals surface area contributed by atoms with Gasteiger partial charge in [0.15, 0.2) is 11.6 Å². The minimum absolute atomic E-state index is 0.101. The molecule has 0 heterocycles. The zero-order valence-electron chi connectivity index (χ0n) is 21.9. The van der Waals surface area contributed by atoms with Crippen molar-refractivity contribution in [2.24, 2.45) is 23.0 Å². The largest absolute Gasteiger partial charge is 0.510 e. The smallest absolute Gasteiger partial charge is 0.255 e. The van der Waals surface area contributed by atoms with Crippen LogP contribution in [0.25, 0.3) is 0 Å². The van der Waals surface area contributed by atoms with E-state index in [4.69, 9.17) is 10.5 Å². The lowest BCUT2D eigenvalue weighted by Crippen LogP contribution is -2.66. The molecule has 0 saturated heterocycles. The van der Waals surface area contributed by atoms with Crippen LogP contribution < -0.4 is 10.5 Å². The Kier molecular flexibility index (Phi) is 5.98. The quantitative estimate of drug-likeness (QED) is 0.365. The van der Waals surface area contributed by atoms with Crippen molar-refractivity contribution in [2.75, 3.05) is 14.1 Å². The summed E-state index contributed by atoms with van der Waals surface area (Å²) in [6, 6.07) is 11.4. The molecule has 6 atom stereocenters. The number of ether oxygens (including phenoxy) is 1. The van der Waals surface area contributed by atoms with E-state index in [0.717, 1.165) is 0 Å². The summed E-state index contributed by atoms with van der Waals surface area (Å²) in [5, 5.41) is 46.2. The van der Waals surface area contributed by atoms with E-state index < -0.39 is 63.8 Å². The minimum Gasteiger partial charge on any atom is -0.510 e. The van der Waals surface area contributed by atoms with Crippen LogP contribution in [0, 0.1) is 17.3 Å². The number of aromatic hydroxyl groups is 1. The van der Waals surface area contributed by atoms with Crippen molar-refractivity contribution in [3.05, 3.63) is 82.3 Å². The van der Waals surface area contributed by atoms with Gasteiger partial charge in [-0.3, -0.25) is 19.3 Å². The van der Waals surface area contributed by atoms with E-state index in [1.807, 2.05) is 0 Å². The number of likely N-dealkylation sites (N-methyl/N-ethyl adjacent to an activating group) is 1. The lowest BCUT2D eigenvalue weighted by atomic mass is 9.51. The summed E-state index contributed by atoms with van der Waals surface area (Å²) in [6.45, 7) is 2.88. The molecule has 0 bridgehead atoms. The molecule has 3 aliphatic carbocycles. The molecule has 6 unspecified atom stereocenters. The van der Waals surface area contributed by atoms with E-state index in [1.54, 1.807) is 44.4 Å². The summed E-state index contributed by atoms with van der Waals surface area (Å²) in [5.41, 5.74) is 0.903. The van der Waals surface area contributed by atoms with Gasteiger partial charge in [-0.15, -0.1) is 0 Å². The molecular weight excluding hydrogens is 504 g/mol. The first kappa shape index (κ1) is 26.6. The number of phenols is 1. The number of hydrogen-bond donors (Lipinski definition) is 5. The lowest BCUT2D eigenvalue weighted by molar-refractivity contribution is -0.146. The molecule has 2 aromatic rings. The maximum absolute atomic E-state index is 14.1. The van der Waals surface area contributed by atoms with Crippen LogP contribution in [0.2, 0.25) is 0 Å². The van der Waals surface area contributed by atoms with E-state index in [-0.39, 0.29) is 34.0 Å². The molecule has 10 heteroatoms. The molecule has 0 aromatic heterocycles. The molecule has 3 aliphatic rings. The number of nitrogens with two attached hydrogens (primary N) is 1. The van der Waals surface area contributed by atoms with Crippen LogP contribution in [-0.4, -0.2) is 69.0 Å². The van der Waals surface area contributed by atoms with E-state index in [0.29, 0.717) is 0 Å². The number of aliphatic hydroxyl groups excluding tert-OH is 2. The normalized spacial score (nSPS) is 32.1. The Morgan fingerprint density at radius 2 is 1.67 bits per heavy atom. The summed E-state index contributed by atoms with van der Waals surface area (Å²) in [4.78, 5) is 41.7. The monoisotopic (exact) mass is 534 g/mol. The molecular formula is C29H30N2O8. The number of aliphatic hydroxyl groups is 3. The second-order valence-electron chi connectivity index (χ2n) is 10.9. The number of benzene rings is 2. The van der Waals surface area contributed by atoms with Crippen LogP contribution in [0.1, 0.15) is 29.8 Å². The zero-order chi connectivity index (χ0) is 28.6. The molecule has 39 heavy (non-hydrogen) atoms. The topological polar surface area (TPSA) is 171 Å². The first-order valence-corrected chi connectivity index (χ1v) is 12.5. The molecule has 1 amide bonds. The number of rotatable bonds is 4. The third-order valence-electron chi connectivity index (χ3n) is 8.42. The second-order valence-corrected chi connectivity index (χ2v) is 10.9. The van der Waals surface area contributed by atoms with Gasteiger partial charge in [0.25, 0.3) is 5.91 Å². The maximum Gasteiger partial charge on any atom is 0.255 e. The highest BCUT2D eigenvalue weighted by atomic mass is 16.5. The average Bonchev–Trinajstić information content (AvgIpc) is 2.86. The van der Waals surface area contributed by atoms with Gasteiger partial charge in [-0.2, -0.15) is 0 Å². The number of carbonyl (C=O) groups excluding carboxylic acids is 3. The first-order chi connectivity index (χ1) is 18.3. The van der Waals surface area contributed by atoms with E-state index in [2.05, 4.69) is 0 Å². The molecule has 0 spiro atoms. The second kappa shape index (κ2) is 8.77. The number of amides is 1. The van der Waals surface area contributed by atoms with Gasteiger partial charge in [-0.1, -0.05) is 30.3 Å². The molecule has 0 radical (unpaired) electrons. The van der Waals surface area contributed by atoms with E-state index in [9.17, 15) is 34.8 Å². The Bertz CT molecular complexity index is 1480. The standard InChI is InChI=1S/C29H30N2O8/c1-28-20(21(31(3)4)23(34)18(25(28)36)27(30)37)24(35)19-17(26(28)39-13-9-6-5-7-10-13)22(33)16-14(29(19,2)38)11-8-12-15(16)32/h5-12,19-21,24,32,35-36,38H,1-4H3,(H2,30,37). The molecule has 2 aromatic carbocycles. The summed E-state index contributed by atoms with van der Waals surface area (Å²) in [6.07, 6.45) is -1.59. The Morgan fingerprint density at radius 3 is 2.26 bits per heavy atom. The molecule has 0 aliphatic heterocycles.